The number of carbonyl (C=O) groups is 3. The van der Waals surface area contributed by atoms with E-state index < -0.39 is 29.7 Å². The third-order valence-electron chi connectivity index (χ3n) is 4.02. The van der Waals surface area contributed by atoms with Crippen LogP contribution in [0.25, 0.3) is 0 Å². The lowest BCUT2D eigenvalue weighted by atomic mass is 10.1. The first-order valence-electron chi connectivity index (χ1n) is 9.40. The van der Waals surface area contributed by atoms with Crippen molar-refractivity contribution in [1.82, 2.24) is 5.32 Å². The lowest BCUT2D eigenvalue weighted by molar-refractivity contribution is -0.139. The van der Waals surface area contributed by atoms with Gasteiger partial charge in [-0.1, -0.05) is 34.1 Å². The zero-order valence-electron chi connectivity index (χ0n) is 17.3. The summed E-state index contributed by atoms with van der Waals surface area (Å²) in [5, 5.41) is 21.0. The number of halogens is 1. The zero-order chi connectivity index (χ0) is 23.2. The minimum atomic E-state index is -1.23. The van der Waals surface area contributed by atoms with Crippen molar-refractivity contribution in [2.24, 2.45) is 0 Å². The van der Waals surface area contributed by atoms with Crippen molar-refractivity contribution < 1.29 is 34.1 Å². The highest BCUT2D eigenvalue weighted by molar-refractivity contribution is 9.10. The van der Waals surface area contributed by atoms with Crippen LogP contribution in [-0.2, 0) is 27.3 Å². The molecular weight excluding hydrogens is 470 g/mol. The van der Waals surface area contributed by atoms with Gasteiger partial charge in [0.05, 0.1) is 5.56 Å². The summed E-state index contributed by atoms with van der Waals surface area (Å²) in [7, 11) is 0. The normalized spacial score (nSPS) is 12.0. The maximum Gasteiger partial charge on any atom is 0.408 e. The topological polar surface area (TPSA) is 122 Å². The predicted molar refractivity (Wildman–Crippen MR) is 116 cm³/mol. The van der Waals surface area contributed by atoms with E-state index in [4.69, 9.17) is 9.47 Å². The summed E-state index contributed by atoms with van der Waals surface area (Å²) in [6.45, 7) is 4.98. The van der Waals surface area contributed by atoms with E-state index in [0.29, 0.717) is 15.6 Å². The Kier molecular flexibility index (Phi) is 8.04. The van der Waals surface area contributed by atoms with Gasteiger partial charge in [0, 0.05) is 16.5 Å². The van der Waals surface area contributed by atoms with Crippen LogP contribution in [0.3, 0.4) is 0 Å². The Morgan fingerprint density at radius 2 is 1.74 bits per heavy atom. The summed E-state index contributed by atoms with van der Waals surface area (Å²) in [6, 6.07) is 9.62. The molecule has 8 nitrogen and oxygen atoms in total. The Bertz CT molecular complexity index is 951. The van der Waals surface area contributed by atoms with Gasteiger partial charge in [0.2, 0.25) is 0 Å². The molecule has 1 amide bonds. The van der Waals surface area contributed by atoms with Gasteiger partial charge < -0.3 is 25.0 Å². The van der Waals surface area contributed by atoms with Crippen LogP contribution in [0.15, 0.2) is 46.9 Å². The van der Waals surface area contributed by atoms with Crippen molar-refractivity contribution in [3.05, 3.63) is 63.6 Å². The van der Waals surface area contributed by atoms with Crippen molar-refractivity contribution in [2.75, 3.05) is 0 Å². The number of hydrogen-bond donors (Lipinski definition) is 3. The molecule has 0 spiro atoms. The van der Waals surface area contributed by atoms with Gasteiger partial charge in [-0.2, -0.15) is 0 Å². The van der Waals surface area contributed by atoms with Crippen LogP contribution in [0.5, 0.6) is 5.75 Å². The highest BCUT2D eigenvalue weighted by Crippen LogP contribution is 2.21. The predicted octanol–water partition coefficient (Wildman–Crippen LogP) is 4.03. The molecule has 31 heavy (non-hydrogen) atoms. The molecule has 0 saturated heterocycles. The van der Waals surface area contributed by atoms with Gasteiger partial charge >= 0.3 is 18.0 Å². The molecule has 0 saturated carbocycles. The highest BCUT2D eigenvalue weighted by Gasteiger charge is 2.23. The number of aliphatic carboxylic acids is 1. The number of benzene rings is 2. The number of carbonyl (C=O) groups excluding carboxylic acids is 2. The van der Waals surface area contributed by atoms with Crippen LogP contribution in [0, 0.1) is 0 Å². The van der Waals surface area contributed by atoms with E-state index in [1.54, 1.807) is 51.1 Å². The summed E-state index contributed by atoms with van der Waals surface area (Å²) in [4.78, 5) is 36.2. The maximum absolute atomic E-state index is 12.5. The molecule has 0 bridgehead atoms. The maximum atomic E-state index is 12.5. The fourth-order valence-electron chi connectivity index (χ4n) is 2.59. The molecule has 2 rings (SSSR count). The second kappa shape index (κ2) is 10.3. The van der Waals surface area contributed by atoms with Crippen LogP contribution in [0.4, 0.5) is 4.79 Å². The lowest BCUT2D eigenvalue weighted by Crippen LogP contribution is -2.42. The van der Waals surface area contributed by atoms with Crippen molar-refractivity contribution >= 4 is 34.0 Å². The molecule has 0 fully saturated rings. The molecule has 2 aromatic rings. The highest BCUT2D eigenvalue weighted by atomic mass is 79.9. The SMILES string of the molecule is CC(C)(C)OC(=O)c1cc(Br)ccc1COC(=O)NC(Cc1ccc(O)cc1)C(=O)O. The van der Waals surface area contributed by atoms with Gasteiger partial charge in [-0.25, -0.2) is 14.4 Å². The number of ether oxygens (including phenoxy) is 2. The number of amides is 1. The summed E-state index contributed by atoms with van der Waals surface area (Å²) < 4.78 is 11.2. The third-order valence-corrected chi connectivity index (χ3v) is 4.51. The van der Waals surface area contributed by atoms with Crippen LogP contribution in [0.1, 0.15) is 42.3 Å². The van der Waals surface area contributed by atoms with Crippen molar-refractivity contribution in [3.63, 3.8) is 0 Å². The molecular formula is C22H24BrNO7. The number of esters is 1. The molecule has 0 aromatic heterocycles. The standard InChI is InChI=1S/C22H24BrNO7/c1-22(2,3)31-20(28)17-11-15(23)7-6-14(17)12-30-21(29)24-18(19(26)27)10-13-4-8-16(25)9-5-13/h4-9,11,18,25H,10,12H2,1-3H3,(H,24,29)(H,26,27). The van der Waals surface area contributed by atoms with Gasteiger partial charge in [0.25, 0.3) is 0 Å². The fourth-order valence-corrected chi connectivity index (χ4v) is 2.95. The number of carboxylic acid groups (broad SMARTS) is 1. The van der Waals surface area contributed by atoms with Crippen molar-refractivity contribution in [1.29, 1.82) is 0 Å². The van der Waals surface area contributed by atoms with Gasteiger partial charge in [0.15, 0.2) is 0 Å². The minimum absolute atomic E-state index is 0.00611. The van der Waals surface area contributed by atoms with Crippen LogP contribution in [0.2, 0.25) is 0 Å². The van der Waals surface area contributed by atoms with E-state index in [9.17, 15) is 24.6 Å². The summed E-state index contributed by atoms with van der Waals surface area (Å²) in [5.41, 5.74) is 0.567. The number of carboxylic acids is 1. The van der Waals surface area contributed by atoms with E-state index in [2.05, 4.69) is 21.2 Å². The first-order chi connectivity index (χ1) is 14.4. The molecule has 1 unspecified atom stereocenters. The molecule has 1 atom stereocenters. The Morgan fingerprint density at radius 3 is 2.32 bits per heavy atom. The molecule has 0 aliphatic heterocycles. The Labute approximate surface area is 188 Å². The van der Waals surface area contributed by atoms with E-state index in [0.717, 1.165) is 0 Å². The molecule has 0 aliphatic rings. The number of hydrogen-bond acceptors (Lipinski definition) is 6. The van der Waals surface area contributed by atoms with Crippen LogP contribution < -0.4 is 5.32 Å². The summed E-state index contributed by atoms with van der Waals surface area (Å²) in [5.74, 6) is -1.75. The zero-order valence-corrected chi connectivity index (χ0v) is 18.9. The molecule has 166 valence electrons. The number of phenols is 1. The second-order valence-corrected chi connectivity index (χ2v) is 8.70. The van der Waals surface area contributed by atoms with E-state index in [-0.39, 0.29) is 24.3 Å². The van der Waals surface area contributed by atoms with Crippen LogP contribution in [-0.4, -0.2) is 39.9 Å². The quantitative estimate of drug-likeness (QED) is 0.497. The average molecular weight is 494 g/mol. The first kappa shape index (κ1) is 24.2. The molecule has 3 N–H and O–H groups in total. The number of alkyl carbamates (subject to hydrolysis) is 1. The number of phenolic OH excluding ortho intramolecular Hbond substituents is 1. The van der Waals surface area contributed by atoms with Gasteiger partial charge in [-0.15, -0.1) is 0 Å². The van der Waals surface area contributed by atoms with Gasteiger partial charge in [0.1, 0.15) is 24.0 Å². The minimum Gasteiger partial charge on any atom is -0.508 e. The first-order valence-corrected chi connectivity index (χ1v) is 10.2. The molecule has 0 heterocycles. The second-order valence-electron chi connectivity index (χ2n) is 7.79. The van der Waals surface area contributed by atoms with E-state index >= 15 is 0 Å². The van der Waals surface area contributed by atoms with Gasteiger partial charge in [-0.05, 0) is 50.6 Å². The van der Waals surface area contributed by atoms with Crippen LogP contribution >= 0.6 is 15.9 Å². The fraction of sp³-hybridized carbons (Fsp3) is 0.318. The third kappa shape index (κ3) is 7.93. The largest absolute Gasteiger partial charge is 0.508 e. The van der Waals surface area contributed by atoms with E-state index in [1.165, 1.54) is 12.1 Å². The van der Waals surface area contributed by atoms with Gasteiger partial charge in [-0.3, -0.25) is 0 Å². The van der Waals surface area contributed by atoms with Crippen molar-refractivity contribution in [3.8, 4) is 5.75 Å². The smallest absolute Gasteiger partial charge is 0.408 e. The lowest BCUT2D eigenvalue weighted by Gasteiger charge is -2.21. The summed E-state index contributed by atoms with van der Waals surface area (Å²) in [6.07, 6.45) is -0.934. The molecule has 0 radical (unpaired) electrons. The Hall–Kier alpha value is -3.07. The Balaban J connectivity index is 2.04. The van der Waals surface area contributed by atoms with Crippen molar-refractivity contribution in [2.45, 2.75) is 45.4 Å². The number of aromatic hydroxyl groups is 1. The average Bonchev–Trinajstić information content (AvgIpc) is 2.66. The molecule has 9 heteroatoms. The number of nitrogens with one attached hydrogen (secondary N) is 1. The summed E-state index contributed by atoms with van der Waals surface area (Å²) >= 11 is 3.30. The monoisotopic (exact) mass is 493 g/mol. The molecule has 2 aromatic carbocycles. The van der Waals surface area contributed by atoms with E-state index in [1.807, 2.05) is 0 Å². The molecule has 0 aliphatic carbocycles. The Morgan fingerprint density at radius 1 is 1.10 bits per heavy atom. The number of rotatable bonds is 7.